The fourth-order valence-corrected chi connectivity index (χ4v) is 19.5. The van der Waals surface area contributed by atoms with Crippen LogP contribution < -0.4 is 53.3 Å². The highest BCUT2D eigenvalue weighted by atomic mass is 33.1. The van der Waals surface area contributed by atoms with E-state index < -0.39 is 126 Å². The molecule has 1 saturated heterocycles. The molecule has 0 radical (unpaired) electrons. The highest BCUT2D eigenvalue weighted by Gasteiger charge is 2.44. The molecule has 4 aromatic rings. The first kappa shape index (κ1) is 86.8. The van der Waals surface area contributed by atoms with Gasteiger partial charge in [-0.15, -0.1) is 0 Å². The lowest BCUT2D eigenvalue weighted by Crippen LogP contribution is -2.56. The number of nitrogens with two attached hydrogens (primary N) is 1. The number of phosphoric acid groups is 3. The molecule has 594 valence electrons. The molecule has 8 rings (SSSR count). The minimum atomic E-state index is -5.76. The van der Waals surface area contributed by atoms with Crippen molar-refractivity contribution in [2.75, 3.05) is 68.5 Å². The van der Waals surface area contributed by atoms with Gasteiger partial charge < -0.3 is 81.7 Å². The number of fused-ring (bicyclic) bond motifs is 3. The van der Waals surface area contributed by atoms with E-state index >= 15 is 4.79 Å². The van der Waals surface area contributed by atoms with Crippen LogP contribution in [0.5, 0.6) is 0 Å². The molecule has 3 aromatic carbocycles. The average Bonchev–Trinajstić information content (AvgIpc) is 1.06. The molecular formula is C71H95N10O23P3S2. The number of ether oxygens (including phenoxy) is 1. The number of hydrogen-bond acceptors (Lipinski definition) is 22. The first-order valence-corrected chi connectivity index (χ1v) is 42.5. The Morgan fingerprint density at radius 2 is 1.52 bits per heavy atom. The van der Waals surface area contributed by atoms with Gasteiger partial charge in [0.2, 0.25) is 23.6 Å². The van der Waals surface area contributed by atoms with Crippen molar-refractivity contribution in [3.63, 3.8) is 0 Å². The van der Waals surface area contributed by atoms with Gasteiger partial charge in [0.05, 0.1) is 37.7 Å². The smallest absolute Gasteiger partial charge is 0.481 e. The second-order valence-corrected chi connectivity index (χ2v) is 35.4. The molecule has 6 unspecified atom stereocenters. The number of nitrogen functional groups attached to an aromatic ring is 1. The van der Waals surface area contributed by atoms with E-state index in [1.807, 2.05) is 29.6 Å². The van der Waals surface area contributed by atoms with Crippen LogP contribution in [0, 0.1) is 11.8 Å². The highest BCUT2D eigenvalue weighted by molar-refractivity contribution is 8.76. The number of aryl methyl sites for hydroxylation is 1. The maximum absolute atomic E-state index is 15.1. The molecule has 5 amide bonds. The molecule has 1 aliphatic carbocycles. The van der Waals surface area contributed by atoms with Crippen molar-refractivity contribution in [3.05, 3.63) is 120 Å². The van der Waals surface area contributed by atoms with Crippen LogP contribution in [0.15, 0.2) is 53.5 Å². The summed E-state index contributed by atoms with van der Waals surface area (Å²) in [6.07, 6.45) is 2.18. The second kappa shape index (κ2) is 37.5. The summed E-state index contributed by atoms with van der Waals surface area (Å²) in [6.45, 7) is 20.0. The van der Waals surface area contributed by atoms with E-state index in [9.17, 15) is 77.2 Å². The van der Waals surface area contributed by atoms with Crippen LogP contribution >= 0.6 is 45.1 Å². The maximum atomic E-state index is 15.1. The second-order valence-electron chi connectivity index (χ2n) is 28.3. The lowest BCUT2D eigenvalue weighted by molar-refractivity contribution is -0.148. The van der Waals surface area contributed by atoms with Gasteiger partial charge in [-0.05, 0) is 164 Å². The molecule has 14 N–H and O–H groups in total. The van der Waals surface area contributed by atoms with Crippen molar-refractivity contribution in [1.82, 2.24) is 41.0 Å². The Balaban J connectivity index is 0.906. The Morgan fingerprint density at radius 1 is 0.853 bits per heavy atom. The Labute approximate surface area is 637 Å². The van der Waals surface area contributed by atoms with E-state index in [1.165, 1.54) is 50.2 Å². The van der Waals surface area contributed by atoms with Gasteiger partial charge in [-0.2, -0.15) is 13.6 Å². The van der Waals surface area contributed by atoms with E-state index in [0.29, 0.717) is 17.1 Å². The first-order chi connectivity index (χ1) is 51.2. The number of hydrogen-bond donors (Lipinski definition) is 13. The van der Waals surface area contributed by atoms with Crippen molar-refractivity contribution in [3.8, 4) is 11.8 Å². The molecule has 1 aromatic heterocycles. The van der Waals surface area contributed by atoms with E-state index in [4.69, 9.17) is 20.3 Å². The van der Waals surface area contributed by atoms with Gasteiger partial charge >= 0.3 is 47.1 Å². The number of anilines is 2. The number of rotatable bonds is 38. The SMILES string of the molecule is C=c1cc2c(cc1C(C)CC(C)(C)NCC)=C(c1ccccc1C(=O)N(C)CCCC(=O)NC(CCCSSCCC(=O)NCC#Cc1cn([C@H]3CC[C@@H](COP(=O)(O)OP(=O)(O)OP(=O)(O)O)O3)c(=O)nc1N)C(=O)NC(CC(=O)O)C(=O)NC(CC(=O)O)C(=O)O)c1cc3c4c(c1C2(C)C)CCCN4CCC3. The summed E-state index contributed by atoms with van der Waals surface area (Å²) in [5.41, 5.74) is 15.4. The summed E-state index contributed by atoms with van der Waals surface area (Å²) in [7, 11) is -12.5. The van der Waals surface area contributed by atoms with Gasteiger partial charge in [-0.3, -0.25) is 42.7 Å². The van der Waals surface area contributed by atoms with E-state index in [1.54, 1.807) is 11.9 Å². The molecule has 8 atom stereocenters. The quantitative estimate of drug-likeness (QED) is 0.0124. The lowest BCUT2D eigenvalue weighted by Gasteiger charge is -2.44. The minimum Gasteiger partial charge on any atom is -0.481 e. The summed E-state index contributed by atoms with van der Waals surface area (Å²) in [5.74, 6) is -2.61. The summed E-state index contributed by atoms with van der Waals surface area (Å²) in [5, 5.41) is 43.9. The molecule has 3 aliphatic heterocycles. The summed E-state index contributed by atoms with van der Waals surface area (Å²) in [6, 6.07) is 9.26. The normalized spacial score (nSPS) is 17.9. The molecule has 4 aliphatic rings. The number of nitrogens with zero attached hydrogens (tertiary/aromatic N) is 4. The number of carboxylic acid groups (broad SMARTS) is 3. The van der Waals surface area contributed by atoms with Gasteiger partial charge in [0.25, 0.3) is 5.91 Å². The van der Waals surface area contributed by atoms with E-state index in [2.05, 4.69) is 122 Å². The molecule has 0 spiro atoms. The maximum Gasteiger partial charge on any atom is 0.490 e. The molecule has 0 bridgehead atoms. The number of aliphatic carboxylic acids is 3. The highest BCUT2D eigenvalue weighted by Crippen LogP contribution is 2.66. The van der Waals surface area contributed by atoms with Gasteiger partial charge in [-0.1, -0.05) is 92.0 Å². The fourth-order valence-electron chi connectivity index (χ4n) is 14.4. The largest absolute Gasteiger partial charge is 0.490 e. The fraction of sp³-hybridized carbons (Fsp3) is 0.521. The number of carbonyl (C=O) groups is 8. The predicted octanol–water partition coefficient (Wildman–Crippen LogP) is 4.78. The zero-order chi connectivity index (χ0) is 80.1. The zero-order valence-electron chi connectivity index (χ0n) is 61.5. The monoisotopic (exact) mass is 1610 g/mol. The number of carbonyl (C=O) groups excluding carboxylic acids is 5. The van der Waals surface area contributed by atoms with Crippen molar-refractivity contribution >= 4 is 116 Å². The Hall–Kier alpha value is -7.77. The molecule has 0 saturated carbocycles. The third-order valence-corrected chi connectivity index (χ3v) is 25.3. The molecule has 1 fully saturated rings. The summed E-state index contributed by atoms with van der Waals surface area (Å²) < 4.78 is 53.6. The van der Waals surface area contributed by atoms with Crippen LogP contribution in [0.2, 0.25) is 0 Å². The van der Waals surface area contributed by atoms with Gasteiger partial charge in [0.1, 0.15) is 30.2 Å². The Bertz CT molecular complexity index is 4540. The Kier molecular flexibility index (Phi) is 29.9. The number of nitrogens with one attached hydrogen (secondary N) is 5. The molecule has 33 nitrogen and oxygen atoms in total. The van der Waals surface area contributed by atoms with Crippen molar-refractivity contribution in [2.24, 2.45) is 0 Å². The summed E-state index contributed by atoms with van der Waals surface area (Å²) in [4.78, 5) is 162. The van der Waals surface area contributed by atoms with E-state index in [0.717, 1.165) is 94.6 Å². The van der Waals surface area contributed by atoms with Gasteiger partial charge in [-0.25, -0.2) is 23.3 Å². The van der Waals surface area contributed by atoms with Crippen LogP contribution in [0.1, 0.15) is 186 Å². The third-order valence-electron chi connectivity index (χ3n) is 19.0. The number of amides is 5. The molecule has 109 heavy (non-hydrogen) atoms. The first-order valence-electron chi connectivity index (χ1n) is 35.5. The average molecular weight is 1610 g/mol. The van der Waals surface area contributed by atoms with Crippen LogP contribution in [0.25, 0.3) is 12.2 Å². The zero-order valence-corrected chi connectivity index (χ0v) is 65.8. The molecule has 38 heteroatoms. The van der Waals surface area contributed by atoms with Gasteiger partial charge in [0, 0.05) is 79.4 Å². The van der Waals surface area contributed by atoms with Gasteiger partial charge in [0.15, 0.2) is 0 Å². The third kappa shape index (κ3) is 23.6. The van der Waals surface area contributed by atoms with Crippen LogP contribution in [0.4, 0.5) is 11.5 Å². The van der Waals surface area contributed by atoms with Crippen LogP contribution in [0.3, 0.4) is 0 Å². The van der Waals surface area contributed by atoms with Crippen molar-refractivity contribution < 1.29 is 105 Å². The number of aromatic nitrogens is 2. The standard InChI is InChI=1S/C71H95N10O23P3S2/c1-9-74-70(4,5)38-42(3)49-35-50-52(33-41(49)2)71(6,7)62-48-21-14-30-80-29-13-18-43(63(48)80)34-51(62)61(50)46-19-10-11-20-47(46)67(90)79(8)28-15-23-57(83)75-53(65(88)76-54(36-59(84)85)66(89)77-55(68(91)92)37-60(86)87)22-16-31-108-109-32-26-56(82)73-27-12-17-44-39-81(69(93)78-64(44)72)58-25-24-45(102-58)40-101-106(97,98)104-107(99,100)103-105(94,95)96/h10-11,19-20,33-35,39,42,45,53-55,58,74H,2,9,13-16,18,21-32,36-38,40H2,1,3-8H3,(H,73,82)(H,75,83)(H,76,88)(H,77,89)(H,84,85)(H,86,87)(H,91,92)(H,97,98)(H,99,100)(H2,72,78,93)(H2,94,95,96)/t42?,45-,53?,54?,55?,58+/m0/s1. The van der Waals surface area contributed by atoms with E-state index in [-0.39, 0.29) is 86.8 Å². The number of benzene rings is 3. The molecule has 4 heterocycles. The Morgan fingerprint density at radius 3 is 2.21 bits per heavy atom. The van der Waals surface area contributed by atoms with Crippen LogP contribution in [-0.2, 0) is 83.4 Å². The topological polar surface area (TPSA) is 494 Å². The minimum absolute atomic E-state index is 0.0174. The predicted molar refractivity (Wildman–Crippen MR) is 406 cm³/mol. The van der Waals surface area contributed by atoms with Crippen molar-refractivity contribution in [1.29, 1.82) is 0 Å². The lowest BCUT2D eigenvalue weighted by atomic mass is 9.64. The van der Waals surface area contributed by atoms with Crippen molar-refractivity contribution in [2.45, 2.75) is 179 Å². The number of phosphoric ester groups is 1. The molecular weight excluding hydrogens is 1520 g/mol. The van der Waals surface area contributed by atoms with Crippen LogP contribution in [-0.4, -0.2) is 184 Å². The summed E-state index contributed by atoms with van der Waals surface area (Å²) >= 11 is 0. The number of carboxylic acids is 3.